The van der Waals surface area contributed by atoms with Crippen LogP contribution in [0.25, 0.3) is 11.4 Å². The van der Waals surface area contributed by atoms with Crippen LogP contribution in [0.15, 0.2) is 12.1 Å². The number of methoxy groups -OCH3 is 3. The molecule has 1 unspecified atom stereocenters. The molecule has 7 heteroatoms. The summed E-state index contributed by atoms with van der Waals surface area (Å²) in [6.45, 7) is 1.02. The summed E-state index contributed by atoms with van der Waals surface area (Å²) in [6, 6.07) is 3.94. The topological polar surface area (TPSA) is 81.3 Å². The molecule has 22 heavy (non-hydrogen) atoms. The molecule has 2 aromatic rings. The first-order valence-corrected chi connectivity index (χ1v) is 7.23. The maximum atomic E-state index is 5.36. The van der Waals surface area contributed by atoms with Gasteiger partial charge in [0.05, 0.1) is 27.4 Å². The number of aromatic nitrogens is 3. The zero-order valence-corrected chi connectivity index (χ0v) is 13.0. The van der Waals surface area contributed by atoms with Crippen LogP contribution in [-0.2, 0) is 0 Å². The summed E-state index contributed by atoms with van der Waals surface area (Å²) in [6.07, 6.45) is 2.23. The minimum Gasteiger partial charge on any atom is -0.493 e. The molecule has 0 radical (unpaired) electrons. The van der Waals surface area contributed by atoms with E-state index in [1.807, 2.05) is 12.1 Å². The maximum Gasteiger partial charge on any atom is 0.203 e. The van der Waals surface area contributed by atoms with Crippen molar-refractivity contribution in [3.05, 3.63) is 18.0 Å². The summed E-state index contributed by atoms with van der Waals surface area (Å²) in [4.78, 5) is 4.59. The van der Waals surface area contributed by atoms with Gasteiger partial charge in [-0.1, -0.05) is 0 Å². The smallest absolute Gasteiger partial charge is 0.203 e. The molecule has 0 amide bonds. The molecule has 0 aliphatic carbocycles. The van der Waals surface area contributed by atoms with Crippen LogP contribution in [0.4, 0.5) is 0 Å². The van der Waals surface area contributed by atoms with Crippen molar-refractivity contribution in [3.63, 3.8) is 0 Å². The van der Waals surface area contributed by atoms with E-state index in [4.69, 9.17) is 14.2 Å². The fourth-order valence-corrected chi connectivity index (χ4v) is 2.69. The van der Waals surface area contributed by atoms with E-state index in [1.165, 1.54) is 0 Å². The third-order valence-corrected chi connectivity index (χ3v) is 3.82. The average Bonchev–Trinajstić information content (AvgIpc) is 3.23. The number of nitrogens with zero attached hydrogens (tertiary/aromatic N) is 2. The normalized spacial score (nSPS) is 17.5. The van der Waals surface area contributed by atoms with Gasteiger partial charge in [0.15, 0.2) is 17.3 Å². The van der Waals surface area contributed by atoms with Crippen molar-refractivity contribution in [2.24, 2.45) is 0 Å². The first-order valence-electron chi connectivity index (χ1n) is 7.23. The quantitative estimate of drug-likeness (QED) is 0.878. The van der Waals surface area contributed by atoms with Crippen molar-refractivity contribution in [3.8, 4) is 28.6 Å². The number of hydrogen-bond donors (Lipinski definition) is 2. The highest BCUT2D eigenvalue weighted by Crippen LogP contribution is 2.40. The van der Waals surface area contributed by atoms with Crippen LogP contribution in [0, 0.1) is 0 Å². The highest BCUT2D eigenvalue weighted by Gasteiger charge is 2.21. The van der Waals surface area contributed by atoms with Gasteiger partial charge < -0.3 is 19.5 Å². The Morgan fingerprint density at radius 1 is 1.09 bits per heavy atom. The molecule has 0 spiro atoms. The Kier molecular flexibility index (Phi) is 4.15. The number of benzene rings is 1. The lowest BCUT2D eigenvalue weighted by Gasteiger charge is -2.13. The highest BCUT2D eigenvalue weighted by molar-refractivity contribution is 5.66. The lowest BCUT2D eigenvalue weighted by molar-refractivity contribution is 0.324. The van der Waals surface area contributed by atoms with Gasteiger partial charge in [0.25, 0.3) is 0 Å². The second-order valence-electron chi connectivity index (χ2n) is 5.11. The summed E-state index contributed by atoms with van der Waals surface area (Å²) in [5.41, 5.74) is 0.815. The fourth-order valence-electron chi connectivity index (χ4n) is 2.69. The summed E-state index contributed by atoms with van der Waals surface area (Å²) in [5.74, 6) is 3.20. The summed E-state index contributed by atoms with van der Waals surface area (Å²) >= 11 is 0. The van der Waals surface area contributed by atoms with Crippen LogP contribution in [0.3, 0.4) is 0 Å². The van der Waals surface area contributed by atoms with Crippen molar-refractivity contribution < 1.29 is 14.2 Å². The van der Waals surface area contributed by atoms with E-state index >= 15 is 0 Å². The Balaban J connectivity index is 1.97. The first-order chi connectivity index (χ1) is 10.8. The Morgan fingerprint density at radius 3 is 2.36 bits per heavy atom. The van der Waals surface area contributed by atoms with Crippen LogP contribution < -0.4 is 19.5 Å². The molecule has 2 heterocycles. The summed E-state index contributed by atoms with van der Waals surface area (Å²) in [5, 5.41) is 10.7. The summed E-state index contributed by atoms with van der Waals surface area (Å²) in [7, 11) is 4.76. The monoisotopic (exact) mass is 304 g/mol. The molecule has 1 aliphatic rings. The average molecular weight is 304 g/mol. The minimum atomic E-state index is 0.253. The minimum absolute atomic E-state index is 0.253. The Hall–Kier alpha value is -2.28. The molecule has 1 atom stereocenters. The molecule has 2 N–H and O–H groups in total. The number of rotatable bonds is 5. The predicted molar refractivity (Wildman–Crippen MR) is 81.5 cm³/mol. The molecule has 1 fully saturated rings. The van der Waals surface area contributed by atoms with Crippen molar-refractivity contribution in [2.75, 3.05) is 27.9 Å². The third kappa shape index (κ3) is 2.59. The van der Waals surface area contributed by atoms with E-state index < -0.39 is 0 Å². The second kappa shape index (κ2) is 6.23. The largest absolute Gasteiger partial charge is 0.493 e. The second-order valence-corrected chi connectivity index (χ2v) is 5.11. The van der Waals surface area contributed by atoms with Crippen molar-refractivity contribution in [1.82, 2.24) is 20.5 Å². The van der Waals surface area contributed by atoms with E-state index in [9.17, 15) is 0 Å². The molecule has 1 aliphatic heterocycles. The Bertz CT molecular complexity index is 625. The molecule has 7 nitrogen and oxygen atoms in total. The molecule has 1 aromatic carbocycles. The number of ether oxygens (including phenoxy) is 3. The lowest BCUT2D eigenvalue weighted by Crippen LogP contribution is -2.14. The van der Waals surface area contributed by atoms with Crippen LogP contribution in [0.5, 0.6) is 17.2 Å². The third-order valence-electron chi connectivity index (χ3n) is 3.82. The number of aromatic amines is 1. The molecular formula is C15H20N4O3. The zero-order valence-electron chi connectivity index (χ0n) is 13.0. The van der Waals surface area contributed by atoms with Gasteiger partial charge in [-0.25, -0.2) is 4.98 Å². The van der Waals surface area contributed by atoms with Gasteiger partial charge in [-0.2, -0.15) is 5.10 Å². The standard InChI is InChI=1S/C15H20N4O3/c1-20-11-7-9(8-12(21-2)13(11)22-3)14-17-15(19-18-14)10-5-4-6-16-10/h7-8,10,16H,4-6H2,1-3H3,(H,17,18,19). The molecule has 0 saturated carbocycles. The van der Waals surface area contributed by atoms with Crippen molar-refractivity contribution >= 4 is 0 Å². The van der Waals surface area contributed by atoms with E-state index in [0.29, 0.717) is 23.1 Å². The van der Waals surface area contributed by atoms with E-state index in [2.05, 4.69) is 20.5 Å². The fraction of sp³-hybridized carbons (Fsp3) is 0.467. The Labute approximate surface area is 129 Å². The molecule has 118 valence electrons. The van der Waals surface area contributed by atoms with Gasteiger partial charge in [0.1, 0.15) is 5.82 Å². The zero-order chi connectivity index (χ0) is 15.5. The van der Waals surface area contributed by atoms with Crippen LogP contribution in [0.2, 0.25) is 0 Å². The predicted octanol–water partition coefficient (Wildman–Crippen LogP) is 1.92. The lowest BCUT2D eigenvalue weighted by atomic mass is 10.1. The van der Waals surface area contributed by atoms with Crippen molar-refractivity contribution in [1.29, 1.82) is 0 Å². The van der Waals surface area contributed by atoms with E-state index in [1.54, 1.807) is 21.3 Å². The van der Waals surface area contributed by atoms with E-state index in [0.717, 1.165) is 30.8 Å². The van der Waals surface area contributed by atoms with Gasteiger partial charge in [-0.15, -0.1) is 0 Å². The van der Waals surface area contributed by atoms with Crippen LogP contribution in [-0.4, -0.2) is 43.1 Å². The van der Waals surface area contributed by atoms with Gasteiger partial charge in [0.2, 0.25) is 5.75 Å². The number of H-pyrrole nitrogens is 1. The van der Waals surface area contributed by atoms with Crippen molar-refractivity contribution in [2.45, 2.75) is 18.9 Å². The molecule has 0 bridgehead atoms. The molecular weight excluding hydrogens is 284 g/mol. The SMILES string of the molecule is COc1cc(-c2n[nH]c(C3CCCN3)n2)cc(OC)c1OC. The van der Waals surface area contributed by atoms with E-state index in [-0.39, 0.29) is 6.04 Å². The van der Waals surface area contributed by atoms with Gasteiger partial charge in [-0.3, -0.25) is 5.10 Å². The molecule has 1 saturated heterocycles. The molecule has 1 aromatic heterocycles. The number of nitrogens with one attached hydrogen (secondary N) is 2. The van der Waals surface area contributed by atoms with Gasteiger partial charge in [0, 0.05) is 5.56 Å². The molecule has 3 rings (SSSR count). The highest BCUT2D eigenvalue weighted by atomic mass is 16.5. The summed E-state index contributed by atoms with van der Waals surface area (Å²) < 4.78 is 16.1. The maximum absolute atomic E-state index is 5.36. The first kappa shape index (κ1) is 14.6. The number of hydrogen-bond acceptors (Lipinski definition) is 6. The van der Waals surface area contributed by atoms with Crippen LogP contribution in [0.1, 0.15) is 24.7 Å². The van der Waals surface area contributed by atoms with Gasteiger partial charge in [-0.05, 0) is 31.5 Å². The van der Waals surface area contributed by atoms with Gasteiger partial charge >= 0.3 is 0 Å². The Morgan fingerprint density at radius 2 is 1.82 bits per heavy atom. The van der Waals surface area contributed by atoms with Crippen LogP contribution >= 0.6 is 0 Å².